The molecule has 2 aromatic carbocycles. The summed E-state index contributed by atoms with van der Waals surface area (Å²) in [5, 5.41) is 0. The van der Waals surface area contributed by atoms with Crippen LogP contribution < -0.4 is 0 Å². The molecule has 1 saturated carbocycles. The van der Waals surface area contributed by atoms with Gasteiger partial charge in [0.25, 0.3) is 0 Å². The van der Waals surface area contributed by atoms with Crippen LogP contribution in [0.5, 0.6) is 0 Å². The van der Waals surface area contributed by atoms with Gasteiger partial charge >= 0.3 is 6.18 Å². The number of piperidine rings is 1. The van der Waals surface area contributed by atoms with Crippen LogP contribution in [0.3, 0.4) is 0 Å². The number of benzene rings is 2. The van der Waals surface area contributed by atoms with Gasteiger partial charge in [-0.05, 0) is 61.1 Å². The fraction of sp³-hybridized carbons (Fsp3) is 0.387. The van der Waals surface area contributed by atoms with Gasteiger partial charge in [0.2, 0.25) is 5.91 Å². The van der Waals surface area contributed by atoms with E-state index in [0.717, 1.165) is 49.2 Å². The van der Waals surface area contributed by atoms with Crippen LogP contribution in [0.2, 0.25) is 0 Å². The van der Waals surface area contributed by atoms with E-state index in [0.29, 0.717) is 24.0 Å². The highest BCUT2D eigenvalue weighted by Crippen LogP contribution is 2.30. The highest BCUT2D eigenvalue weighted by molar-refractivity contribution is 5.92. The second-order valence-corrected chi connectivity index (χ2v) is 10.4. The van der Waals surface area contributed by atoms with Gasteiger partial charge in [-0.25, -0.2) is 9.97 Å². The first-order valence-corrected chi connectivity index (χ1v) is 13.6. The van der Waals surface area contributed by atoms with Gasteiger partial charge in [-0.2, -0.15) is 13.2 Å². The molecule has 0 unspecified atom stereocenters. The first-order chi connectivity index (χ1) is 18.9. The maximum absolute atomic E-state index is 13.5. The average molecular weight is 535 g/mol. The van der Waals surface area contributed by atoms with Crippen LogP contribution in [0.15, 0.2) is 73.1 Å². The van der Waals surface area contributed by atoms with Gasteiger partial charge in [-0.3, -0.25) is 4.79 Å². The van der Waals surface area contributed by atoms with Crippen LogP contribution in [0, 0.1) is 0 Å². The van der Waals surface area contributed by atoms with E-state index in [4.69, 9.17) is 0 Å². The highest BCUT2D eigenvalue weighted by Gasteiger charge is 2.32. The number of likely N-dealkylation sites (tertiary alicyclic amines) is 1. The number of hydrogen-bond donors (Lipinski definition) is 0. The van der Waals surface area contributed by atoms with E-state index in [2.05, 4.69) is 14.9 Å². The quantitative estimate of drug-likeness (QED) is 0.320. The summed E-state index contributed by atoms with van der Waals surface area (Å²) in [7, 11) is 0. The second-order valence-electron chi connectivity index (χ2n) is 10.4. The Morgan fingerprint density at radius 2 is 1.56 bits per heavy atom. The second kappa shape index (κ2) is 12.1. The Hall–Kier alpha value is -3.52. The number of halogens is 3. The molecular weight excluding hydrogens is 501 g/mol. The molecule has 2 fully saturated rings. The molecule has 0 spiro atoms. The van der Waals surface area contributed by atoms with Gasteiger partial charge in [0.1, 0.15) is 0 Å². The number of alkyl halides is 3. The molecule has 5 rings (SSSR count). The first kappa shape index (κ1) is 27.1. The lowest BCUT2D eigenvalue weighted by atomic mass is 9.99. The fourth-order valence-corrected chi connectivity index (χ4v) is 5.67. The van der Waals surface area contributed by atoms with Gasteiger partial charge in [-0.15, -0.1) is 0 Å². The molecule has 2 heterocycles. The van der Waals surface area contributed by atoms with E-state index >= 15 is 0 Å². The number of hydrogen-bond acceptors (Lipinski definition) is 4. The molecule has 0 atom stereocenters. The number of rotatable bonds is 7. The number of aromatic nitrogens is 2. The summed E-state index contributed by atoms with van der Waals surface area (Å²) in [6, 6.07) is 15.3. The predicted octanol–water partition coefficient (Wildman–Crippen LogP) is 6.61. The Bertz CT molecular complexity index is 1250. The number of carbonyl (C=O) groups is 1. The van der Waals surface area contributed by atoms with Crippen LogP contribution in [-0.2, 0) is 17.5 Å². The molecule has 1 saturated heterocycles. The zero-order chi connectivity index (χ0) is 27.2. The van der Waals surface area contributed by atoms with Crippen molar-refractivity contribution in [1.29, 1.82) is 0 Å². The summed E-state index contributed by atoms with van der Waals surface area (Å²) < 4.78 is 38.7. The summed E-state index contributed by atoms with van der Waals surface area (Å²) in [6.45, 7) is 2.41. The molecule has 0 radical (unpaired) electrons. The van der Waals surface area contributed by atoms with Gasteiger partial charge in [0.15, 0.2) is 5.82 Å². The lowest BCUT2D eigenvalue weighted by Crippen LogP contribution is -2.48. The van der Waals surface area contributed by atoms with E-state index in [-0.39, 0.29) is 11.9 Å². The van der Waals surface area contributed by atoms with E-state index in [1.54, 1.807) is 24.5 Å². The number of carbonyl (C=O) groups excluding carboxylic acids is 1. The molecule has 5 nitrogen and oxygen atoms in total. The van der Waals surface area contributed by atoms with Gasteiger partial charge in [-0.1, -0.05) is 49.2 Å². The Kier molecular flexibility index (Phi) is 8.41. The number of nitrogens with zero attached hydrogens (tertiary/aromatic N) is 4. The SMILES string of the molecule is O=C(C=Cc1ccc(C(F)(F)F)cc1)N(Cc1ccc(-c2ncccn2)cc1)C1CCN(C2CCCC2)CC1. The van der Waals surface area contributed by atoms with Crippen molar-refractivity contribution in [2.75, 3.05) is 13.1 Å². The van der Waals surface area contributed by atoms with Gasteiger partial charge in [0, 0.05) is 55.8 Å². The van der Waals surface area contributed by atoms with E-state index < -0.39 is 11.7 Å². The topological polar surface area (TPSA) is 49.3 Å². The zero-order valence-corrected chi connectivity index (χ0v) is 21.9. The molecular formula is C31H33F3N4O. The van der Waals surface area contributed by atoms with Crippen molar-refractivity contribution in [3.8, 4) is 11.4 Å². The van der Waals surface area contributed by atoms with Crippen molar-refractivity contribution >= 4 is 12.0 Å². The van der Waals surface area contributed by atoms with Crippen LogP contribution >= 0.6 is 0 Å². The third kappa shape index (κ3) is 6.92. The summed E-state index contributed by atoms with van der Waals surface area (Å²) in [5.41, 5.74) is 1.76. The third-order valence-corrected chi connectivity index (χ3v) is 7.85. The van der Waals surface area contributed by atoms with Crippen molar-refractivity contribution in [3.05, 3.63) is 89.8 Å². The highest BCUT2D eigenvalue weighted by atomic mass is 19.4. The molecule has 1 amide bonds. The molecule has 1 aliphatic heterocycles. The van der Waals surface area contributed by atoms with Crippen molar-refractivity contribution in [2.45, 2.75) is 63.3 Å². The fourth-order valence-electron chi connectivity index (χ4n) is 5.67. The minimum Gasteiger partial charge on any atom is -0.332 e. The summed E-state index contributed by atoms with van der Waals surface area (Å²) in [6.07, 6.45) is 9.05. The van der Waals surface area contributed by atoms with E-state index in [1.807, 2.05) is 29.2 Å². The average Bonchev–Trinajstić information content (AvgIpc) is 3.51. The lowest BCUT2D eigenvalue weighted by Gasteiger charge is -2.40. The Morgan fingerprint density at radius 3 is 2.18 bits per heavy atom. The summed E-state index contributed by atoms with van der Waals surface area (Å²) in [5.74, 6) is 0.514. The smallest absolute Gasteiger partial charge is 0.332 e. The minimum atomic E-state index is -4.38. The normalized spacial score (nSPS) is 17.6. The summed E-state index contributed by atoms with van der Waals surface area (Å²) >= 11 is 0. The molecule has 204 valence electrons. The van der Waals surface area contributed by atoms with Gasteiger partial charge < -0.3 is 9.80 Å². The maximum atomic E-state index is 13.5. The monoisotopic (exact) mass is 534 g/mol. The molecule has 0 bridgehead atoms. The largest absolute Gasteiger partial charge is 0.416 e. The molecule has 0 N–H and O–H groups in total. The zero-order valence-electron chi connectivity index (χ0n) is 21.9. The molecule has 1 aromatic heterocycles. The van der Waals surface area contributed by atoms with Crippen LogP contribution in [0.1, 0.15) is 55.2 Å². The molecule has 39 heavy (non-hydrogen) atoms. The van der Waals surface area contributed by atoms with Gasteiger partial charge in [0.05, 0.1) is 5.56 Å². The molecule has 3 aromatic rings. The first-order valence-electron chi connectivity index (χ1n) is 13.6. The van der Waals surface area contributed by atoms with E-state index in [9.17, 15) is 18.0 Å². The maximum Gasteiger partial charge on any atom is 0.416 e. The lowest BCUT2D eigenvalue weighted by molar-refractivity contribution is -0.137. The standard InChI is InChI=1S/C31H33F3N4O/c32-31(33,34)26-13-8-23(9-14-26)10-15-29(39)38(28-16-20-37(21-17-28)27-4-1-2-5-27)22-24-6-11-25(12-7-24)30-35-18-3-19-36-30/h3,6-15,18-19,27-28H,1-2,4-5,16-17,20-22H2. The van der Waals surface area contributed by atoms with Crippen molar-refractivity contribution < 1.29 is 18.0 Å². The number of amides is 1. The minimum absolute atomic E-state index is 0.101. The van der Waals surface area contributed by atoms with Crippen LogP contribution in [-0.4, -0.2) is 50.8 Å². The molecule has 8 heteroatoms. The molecule has 1 aliphatic carbocycles. The van der Waals surface area contributed by atoms with Crippen molar-refractivity contribution in [1.82, 2.24) is 19.8 Å². The van der Waals surface area contributed by atoms with Crippen LogP contribution in [0.4, 0.5) is 13.2 Å². The Balaban J connectivity index is 1.31. The third-order valence-electron chi connectivity index (χ3n) is 7.85. The Labute approximate surface area is 227 Å². The molecule has 2 aliphatic rings. The van der Waals surface area contributed by atoms with Crippen molar-refractivity contribution in [3.63, 3.8) is 0 Å². The van der Waals surface area contributed by atoms with Crippen LogP contribution in [0.25, 0.3) is 17.5 Å². The predicted molar refractivity (Wildman–Crippen MR) is 145 cm³/mol. The Morgan fingerprint density at radius 1 is 0.923 bits per heavy atom. The van der Waals surface area contributed by atoms with Crippen molar-refractivity contribution in [2.24, 2.45) is 0 Å². The van der Waals surface area contributed by atoms with E-state index in [1.165, 1.54) is 43.9 Å². The summed E-state index contributed by atoms with van der Waals surface area (Å²) in [4.78, 5) is 26.6.